The Morgan fingerprint density at radius 3 is 2.41 bits per heavy atom. The van der Waals surface area contributed by atoms with E-state index in [-0.39, 0.29) is 0 Å². The van der Waals surface area contributed by atoms with E-state index < -0.39 is 11.4 Å². The molecule has 1 unspecified atom stereocenters. The number of ether oxygens (including phenoxy) is 2. The smallest absolute Gasteiger partial charge is 0.248 e. The van der Waals surface area contributed by atoms with Crippen molar-refractivity contribution < 1.29 is 14.3 Å². The number of rotatable bonds is 9. The number of carbonyl (C=O) groups excluding carboxylic acids is 1. The monoisotopic (exact) mass is 457 g/mol. The van der Waals surface area contributed by atoms with Crippen molar-refractivity contribution in [2.75, 3.05) is 14.2 Å². The van der Waals surface area contributed by atoms with Crippen LogP contribution in [-0.2, 0) is 10.3 Å². The molecule has 0 aliphatic rings. The van der Waals surface area contributed by atoms with E-state index >= 15 is 0 Å². The van der Waals surface area contributed by atoms with Crippen LogP contribution in [0.4, 0.5) is 0 Å². The van der Waals surface area contributed by atoms with Crippen LogP contribution in [0.25, 0.3) is 22.4 Å². The molecule has 0 fully saturated rings. The molecular formula is C28H31N3O3. The molecule has 3 aromatic carbocycles. The maximum atomic E-state index is 13.6. The number of carbonyl (C=O) groups is 1. The normalized spacial score (nSPS) is 12.9. The zero-order chi connectivity index (χ0) is 24.3. The summed E-state index contributed by atoms with van der Waals surface area (Å²) in [5.41, 5.74) is 9.40. The molecule has 4 rings (SSSR count). The third kappa shape index (κ3) is 3.69. The van der Waals surface area contributed by atoms with Crippen molar-refractivity contribution in [2.24, 2.45) is 5.73 Å². The lowest BCUT2D eigenvalue weighted by molar-refractivity contribution is -0.124. The van der Waals surface area contributed by atoms with E-state index in [1.807, 2.05) is 78.2 Å². The Bertz CT molecular complexity index is 1330. The number of fused-ring (bicyclic) bond motifs is 1. The Kier molecular flexibility index (Phi) is 6.59. The number of unbranched alkanes of at least 4 members (excludes halogenated alkanes) is 1. The van der Waals surface area contributed by atoms with Gasteiger partial charge in [-0.25, -0.2) is 4.98 Å². The maximum absolute atomic E-state index is 13.6. The van der Waals surface area contributed by atoms with Gasteiger partial charge >= 0.3 is 0 Å². The first-order valence-corrected chi connectivity index (χ1v) is 11.5. The van der Waals surface area contributed by atoms with Gasteiger partial charge in [0.1, 0.15) is 5.82 Å². The van der Waals surface area contributed by atoms with Crippen LogP contribution in [0.5, 0.6) is 11.5 Å². The Labute approximate surface area is 200 Å². The molecule has 1 atom stereocenters. The number of imidazole rings is 1. The van der Waals surface area contributed by atoms with Gasteiger partial charge in [-0.2, -0.15) is 0 Å². The van der Waals surface area contributed by atoms with Crippen LogP contribution in [-0.4, -0.2) is 29.7 Å². The molecule has 1 aromatic heterocycles. The molecule has 0 aliphatic heterocycles. The van der Waals surface area contributed by atoms with Crippen LogP contribution < -0.4 is 15.2 Å². The molecule has 0 aliphatic carbocycles. The molecule has 6 heteroatoms. The van der Waals surface area contributed by atoms with Crippen molar-refractivity contribution in [3.63, 3.8) is 0 Å². The first-order chi connectivity index (χ1) is 16.5. The minimum Gasteiger partial charge on any atom is -0.493 e. The van der Waals surface area contributed by atoms with E-state index in [2.05, 4.69) is 6.92 Å². The number of aryl methyl sites for hydroxylation is 1. The zero-order valence-electron chi connectivity index (χ0n) is 20.2. The molecule has 0 radical (unpaired) electrons. The van der Waals surface area contributed by atoms with Gasteiger partial charge in [0.15, 0.2) is 17.0 Å². The van der Waals surface area contributed by atoms with E-state index in [9.17, 15) is 4.79 Å². The molecular weight excluding hydrogens is 426 g/mol. The average Bonchev–Trinajstić information content (AvgIpc) is 3.24. The molecule has 2 N–H and O–H groups in total. The highest BCUT2D eigenvalue weighted by Gasteiger charge is 2.44. The fourth-order valence-electron chi connectivity index (χ4n) is 4.86. The Hall–Kier alpha value is -3.80. The largest absolute Gasteiger partial charge is 0.493 e. The molecule has 1 heterocycles. The number of aromatic nitrogens is 2. The van der Waals surface area contributed by atoms with Crippen LogP contribution >= 0.6 is 0 Å². The molecule has 176 valence electrons. The Morgan fingerprint density at radius 1 is 1.00 bits per heavy atom. The fourth-order valence-corrected chi connectivity index (χ4v) is 4.86. The van der Waals surface area contributed by atoms with Gasteiger partial charge in [-0.15, -0.1) is 0 Å². The second-order valence-corrected chi connectivity index (χ2v) is 8.44. The summed E-state index contributed by atoms with van der Waals surface area (Å²) in [5, 5.41) is 0. The number of hydrogen-bond acceptors (Lipinski definition) is 4. The third-order valence-electron chi connectivity index (χ3n) is 6.48. The number of hydrogen-bond donors (Lipinski definition) is 1. The fraction of sp³-hybridized carbons (Fsp3) is 0.286. The minimum atomic E-state index is -1.14. The molecule has 34 heavy (non-hydrogen) atoms. The van der Waals surface area contributed by atoms with Gasteiger partial charge in [0.05, 0.1) is 30.8 Å². The summed E-state index contributed by atoms with van der Waals surface area (Å²) >= 11 is 0. The number of nitrogens with two attached hydrogens (primary N) is 1. The predicted molar refractivity (Wildman–Crippen MR) is 135 cm³/mol. The van der Waals surface area contributed by atoms with Crippen molar-refractivity contribution >= 4 is 16.9 Å². The number of primary amides is 1. The summed E-state index contributed by atoms with van der Waals surface area (Å²) in [6.45, 7) is 4.13. The minimum absolute atomic E-state index is 0.415. The number of benzene rings is 3. The third-order valence-corrected chi connectivity index (χ3v) is 6.48. The van der Waals surface area contributed by atoms with Gasteiger partial charge < -0.3 is 19.8 Å². The maximum Gasteiger partial charge on any atom is 0.248 e. The van der Waals surface area contributed by atoms with E-state index in [1.165, 1.54) is 0 Å². The van der Waals surface area contributed by atoms with Crippen molar-refractivity contribution in [3.8, 4) is 22.9 Å². The van der Waals surface area contributed by atoms with Crippen LogP contribution in [0.2, 0.25) is 0 Å². The molecule has 0 spiro atoms. The summed E-state index contributed by atoms with van der Waals surface area (Å²) in [4.78, 5) is 18.6. The van der Waals surface area contributed by atoms with E-state index in [0.29, 0.717) is 23.7 Å². The van der Waals surface area contributed by atoms with Gasteiger partial charge in [-0.05, 0) is 48.7 Å². The van der Waals surface area contributed by atoms with Crippen LogP contribution in [0.1, 0.15) is 37.3 Å². The Balaban J connectivity index is 2.18. The number of para-hydroxylation sites is 3. The second kappa shape index (κ2) is 9.59. The molecule has 1 amide bonds. The average molecular weight is 458 g/mol. The topological polar surface area (TPSA) is 79.4 Å². The first kappa shape index (κ1) is 23.4. The van der Waals surface area contributed by atoms with Gasteiger partial charge in [0.2, 0.25) is 5.91 Å². The van der Waals surface area contributed by atoms with Crippen molar-refractivity contribution in [1.82, 2.24) is 9.55 Å². The molecule has 0 saturated heterocycles. The van der Waals surface area contributed by atoms with Crippen molar-refractivity contribution in [1.29, 1.82) is 0 Å². The zero-order valence-corrected chi connectivity index (χ0v) is 20.2. The lowest BCUT2D eigenvalue weighted by Crippen LogP contribution is -2.48. The molecule has 6 nitrogen and oxygen atoms in total. The number of nitrogens with zero attached hydrogens (tertiary/aromatic N) is 2. The SMILES string of the molecule is CCCCC(C(N)=O)(c1ccccc1C)n1c(-c2cccc(OC)c2OC)nc2ccccc21. The lowest BCUT2D eigenvalue weighted by atomic mass is 9.81. The second-order valence-electron chi connectivity index (χ2n) is 8.44. The Morgan fingerprint density at radius 2 is 1.74 bits per heavy atom. The van der Waals surface area contributed by atoms with Gasteiger partial charge in [-0.3, -0.25) is 4.79 Å². The highest BCUT2D eigenvalue weighted by molar-refractivity contribution is 5.92. The number of methoxy groups -OCH3 is 2. The summed E-state index contributed by atoms with van der Waals surface area (Å²) < 4.78 is 13.3. The first-order valence-electron chi connectivity index (χ1n) is 11.5. The molecule has 4 aromatic rings. The highest BCUT2D eigenvalue weighted by Crippen LogP contribution is 2.44. The summed E-state index contributed by atoms with van der Waals surface area (Å²) in [5.74, 6) is 1.34. The summed E-state index contributed by atoms with van der Waals surface area (Å²) in [7, 11) is 3.21. The number of amides is 1. The van der Waals surface area contributed by atoms with Crippen LogP contribution in [0.3, 0.4) is 0 Å². The van der Waals surface area contributed by atoms with Crippen molar-refractivity contribution in [2.45, 2.75) is 38.6 Å². The quantitative estimate of drug-likeness (QED) is 0.363. The van der Waals surface area contributed by atoms with Gasteiger partial charge in [-0.1, -0.05) is 62.2 Å². The highest BCUT2D eigenvalue weighted by atomic mass is 16.5. The van der Waals surface area contributed by atoms with Crippen LogP contribution in [0, 0.1) is 6.92 Å². The van der Waals surface area contributed by atoms with E-state index in [0.717, 1.165) is 40.6 Å². The summed E-state index contributed by atoms with van der Waals surface area (Å²) in [6.07, 6.45) is 2.28. The standard InChI is InChI=1S/C28H31N3O3/c1-5-6-18-28(27(29)32,21-14-8-7-12-19(21)2)31-23-16-10-9-15-22(23)30-26(31)20-13-11-17-24(33-3)25(20)34-4/h7-17H,5-6,18H2,1-4H3,(H2,29,32). The molecule has 0 bridgehead atoms. The van der Waals surface area contributed by atoms with E-state index in [1.54, 1.807) is 14.2 Å². The van der Waals surface area contributed by atoms with E-state index in [4.69, 9.17) is 20.2 Å². The van der Waals surface area contributed by atoms with Gasteiger partial charge in [0, 0.05) is 0 Å². The summed E-state index contributed by atoms with van der Waals surface area (Å²) in [6, 6.07) is 21.4. The lowest BCUT2D eigenvalue weighted by Gasteiger charge is -2.36. The van der Waals surface area contributed by atoms with Crippen LogP contribution in [0.15, 0.2) is 66.7 Å². The molecule has 0 saturated carbocycles. The predicted octanol–water partition coefficient (Wildman–Crippen LogP) is 5.45. The van der Waals surface area contributed by atoms with Crippen molar-refractivity contribution in [3.05, 3.63) is 77.9 Å². The van der Waals surface area contributed by atoms with Gasteiger partial charge in [0.25, 0.3) is 0 Å².